The van der Waals surface area contributed by atoms with Gasteiger partial charge in [-0.1, -0.05) is 12.7 Å². The predicted molar refractivity (Wildman–Crippen MR) is 64.7 cm³/mol. The molecular formula is C10H20BN2O5-. The molecule has 0 bridgehead atoms. The van der Waals surface area contributed by atoms with Gasteiger partial charge in [0.1, 0.15) is 6.04 Å². The van der Waals surface area contributed by atoms with E-state index < -0.39 is 18.8 Å². The lowest BCUT2D eigenvalue weighted by Crippen LogP contribution is -2.46. The van der Waals surface area contributed by atoms with Gasteiger partial charge in [0.15, 0.2) is 0 Å². The van der Waals surface area contributed by atoms with Crippen molar-refractivity contribution >= 4 is 12.7 Å². The van der Waals surface area contributed by atoms with E-state index in [9.17, 15) is 9.90 Å². The highest BCUT2D eigenvalue weighted by atomic mass is 16.5. The van der Waals surface area contributed by atoms with Gasteiger partial charge in [-0.05, 0) is 19.4 Å². The molecule has 6 N–H and O–H groups in total. The fourth-order valence-electron chi connectivity index (χ4n) is 3.40. The normalized spacial score (nSPS) is 35.7. The Kier molecular flexibility index (Phi) is 3.66. The van der Waals surface area contributed by atoms with E-state index in [1.807, 2.05) is 0 Å². The molecule has 7 nitrogen and oxygen atoms in total. The van der Waals surface area contributed by atoms with Gasteiger partial charge in [-0.3, -0.25) is 4.79 Å². The van der Waals surface area contributed by atoms with Gasteiger partial charge in [-0.2, -0.15) is 0 Å². The van der Waals surface area contributed by atoms with Crippen LogP contribution >= 0.6 is 0 Å². The summed E-state index contributed by atoms with van der Waals surface area (Å²) in [5.74, 6) is -0.866. The quantitative estimate of drug-likeness (QED) is 0.318. The number of hydrogen-bond acceptors (Lipinski definition) is 6. The summed E-state index contributed by atoms with van der Waals surface area (Å²) in [6.45, 7) is -1.87. The number of carboxylic acids is 1. The maximum absolute atomic E-state index is 11.3. The minimum absolute atomic E-state index is 0.108. The van der Waals surface area contributed by atoms with Crippen LogP contribution in [0, 0.1) is 5.41 Å². The number of rotatable bonds is 5. The van der Waals surface area contributed by atoms with Crippen LogP contribution in [0.2, 0.25) is 6.32 Å². The summed E-state index contributed by atoms with van der Waals surface area (Å²) in [4.78, 5) is 11.3. The second-order valence-corrected chi connectivity index (χ2v) is 5.46. The van der Waals surface area contributed by atoms with E-state index >= 15 is 0 Å². The zero-order valence-electron chi connectivity index (χ0n) is 10.2. The first-order valence-electron chi connectivity index (χ1n) is 6.38. The monoisotopic (exact) mass is 259 g/mol. The smallest absolute Gasteiger partial charge is 0.371 e. The van der Waals surface area contributed by atoms with Gasteiger partial charge in [-0.15, -0.1) is 0 Å². The first-order chi connectivity index (χ1) is 8.35. The van der Waals surface area contributed by atoms with Crippen molar-refractivity contribution in [3.05, 3.63) is 0 Å². The highest BCUT2D eigenvalue weighted by molar-refractivity contribution is 6.56. The van der Waals surface area contributed by atoms with Crippen molar-refractivity contribution in [2.75, 3.05) is 13.1 Å². The molecule has 2 rings (SSSR count). The molecule has 0 spiro atoms. The highest BCUT2D eigenvalue weighted by Crippen LogP contribution is 2.43. The van der Waals surface area contributed by atoms with Crippen molar-refractivity contribution in [3.8, 4) is 0 Å². The topological polar surface area (TPSA) is 122 Å². The van der Waals surface area contributed by atoms with Crippen LogP contribution in [0.1, 0.15) is 19.3 Å². The van der Waals surface area contributed by atoms with Crippen LogP contribution in [0.25, 0.3) is 0 Å². The van der Waals surface area contributed by atoms with E-state index in [2.05, 4.69) is 10.6 Å². The SMILES string of the molecule is O=C(O)[C@H]1NC[C@@H]2NCC[C@@]21CCC[B-](O)(O)O. The third-order valence-electron chi connectivity index (χ3n) is 4.26. The van der Waals surface area contributed by atoms with Crippen molar-refractivity contribution < 1.29 is 25.0 Å². The first-order valence-corrected chi connectivity index (χ1v) is 6.38. The van der Waals surface area contributed by atoms with Gasteiger partial charge < -0.3 is 30.8 Å². The van der Waals surface area contributed by atoms with E-state index in [1.54, 1.807) is 0 Å². The second-order valence-electron chi connectivity index (χ2n) is 5.46. The predicted octanol–water partition coefficient (Wildman–Crippen LogP) is -1.91. The number of carbonyl (C=O) groups is 1. The molecule has 2 heterocycles. The van der Waals surface area contributed by atoms with Gasteiger partial charge >= 0.3 is 12.7 Å². The van der Waals surface area contributed by atoms with Crippen LogP contribution < -0.4 is 10.6 Å². The Morgan fingerprint density at radius 2 is 2.06 bits per heavy atom. The lowest BCUT2D eigenvalue weighted by Gasteiger charge is -2.33. The number of nitrogens with one attached hydrogen (secondary N) is 2. The molecule has 2 saturated heterocycles. The van der Waals surface area contributed by atoms with E-state index in [1.165, 1.54) is 0 Å². The van der Waals surface area contributed by atoms with E-state index in [-0.39, 0.29) is 17.8 Å². The highest BCUT2D eigenvalue weighted by Gasteiger charge is 2.55. The molecule has 0 radical (unpaired) electrons. The summed E-state index contributed by atoms with van der Waals surface area (Å²) in [7, 11) is 0. The number of carboxylic acid groups (broad SMARTS) is 1. The molecule has 2 fully saturated rings. The summed E-state index contributed by atoms with van der Waals surface area (Å²) in [5.41, 5.74) is -0.382. The van der Waals surface area contributed by atoms with Crippen molar-refractivity contribution in [2.45, 2.75) is 37.7 Å². The summed E-state index contributed by atoms with van der Waals surface area (Å²) in [5, 5.41) is 42.3. The van der Waals surface area contributed by atoms with Crippen molar-refractivity contribution in [2.24, 2.45) is 5.41 Å². The fourth-order valence-corrected chi connectivity index (χ4v) is 3.40. The third-order valence-corrected chi connectivity index (χ3v) is 4.26. The minimum atomic E-state index is -3.27. The Labute approximate surface area is 105 Å². The van der Waals surface area contributed by atoms with Gasteiger partial charge in [0.2, 0.25) is 0 Å². The summed E-state index contributed by atoms with van der Waals surface area (Å²) in [6.07, 6.45) is 1.59. The van der Waals surface area contributed by atoms with Crippen LogP contribution in [0.3, 0.4) is 0 Å². The van der Waals surface area contributed by atoms with Crippen LogP contribution in [0.15, 0.2) is 0 Å². The average Bonchev–Trinajstić information content (AvgIpc) is 2.72. The lowest BCUT2D eigenvalue weighted by molar-refractivity contribution is -0.142. The molecular weight excluding hydrogens is 239 g/mol. The molecule has 0 aromatic carbocycles. The first kappa shape index (κ1) is 13.8. The fraction of sp³-hybridized carbons (Fsp3) is 0.900. The largest absolute Gasteiger partial charge is 0.560 e. The van der Waals surface area contributed by atoms with Crippen LogP contribution in [0.5, 0.6) is 0 Å². The van der Waals surface area contributed by atoms with Gasteiger partial charge in [0.05, 0.1) is 0 Å². The van der Waals surface area contributed by atoms with E-state index in [0.29, 0.717) is 19.4 Å². The maximum atomic E-state index is 11.3. The van der Waals surface area contributed by atoms with E-state index in [4.69, 9.17) is 15.1 Å². The minimum Gasteiger partial charge on any atom is -0.560 e. The lowest BCUT2D eigenvalue weighted by atomic mass is 9.68. The molecule has 0 aromatic heterocycles. The Morgan fingerprint density at radius 1 is 1.33 bits per heavy atom. The van der Waals surface area contributed by atoms with Gasteiger partial charge in [0, 0.05) is 18.0 Å². The summed E-state index contributed by atoms with van der Waals surface area (Å²) < 4.78 is 0. The number of fused-ring (bicyclic) bond motifs is 1. The standard InChI is InChI=1S/C10H20BN2O5/c14-9(15)8-10(2-1-4-11(16,17)18)3-5-12-7(10)6-13-8/h7-8,12-13,16-18H,1-6H2,(H,14,15)/q-1/t7-,8+,10-/m0/s1. The Morgan fingerprint density at radius 3 is 2.67 bits per heavy atom. The summed E-state index contributed by atoms with van der Waals surface area (Å²) in [6, 6.07) is -0.493. The van der Waals surface area contributed by atoms with Crippen molar-refractivity contribution in [3.63, 3.8) is 0 Å². The maximum Gasteiger partial charge on any atom is 0.371 e. The molecule has 0 aliphatic carbocycles. The third kappa shape index (κ3) is 2.52. The molecule has 18 heavy (non-hydrogen) atoms. The molecule has 8 heteroatoms. The number of aliphatic carboxylic acids is 1. The Bertz CT molecular complexity index is 335. The average molecular weight is 259 g/mol. The molecule has 0 aromatic rings. The summed E-state index contributed by atoms with van der Waals surface area (Å²) >= 11 is 0. The van der Waals surface area contributed by atoms with Crippen LogP contribution in [-0.2, 0) is 4.79 Å². The molecule has 2 aliphatic heterocycles. The van der Waals surface area contributed by atoms with Gasteiger partial charge in [-0.25, -0.2) is 0 Å². The van der Waals surface area contributed by atoms with Crippen molar-refractivity contribution in [1.82, 2.24) is 10.6 Å². The van der Waals surface area contributed by atoms with Crippen LogP contribution in [0.4, 0.5) is 0 Å². The molecule has 2 aliphatic rings. The van der Waals surface area contributed by atoms with E-state index in [0.717, 1.165) is 13.0 Å². The Hall–Kier alpha value is -0.665. The molecule has 3 atom stereocenters. The van der Waals surface area contributed by atoms with Gasteiger partial charge in [0.25, 0.3) is 0 Å². The van der Waals surface area contributed by atoms with Crippen molar-refractivity contribution in [1.29, 1.82) is 0 Å². The zero-order valence-corrected chi connectivity index (χ0v) is 10.2. The molecule has 104 valence electrons. The molecule has 0 saturated carbocycles. The zero-order chi connectivity index (χ0) is 13.4. The number of hydrogen-bond donors (Lipinski definition) is 6. The van der Waals surface area contributed by atoms with Crippen LogP contribution in [-0.4, -0.2) is 58.1 Å². The second kappa shape index (κ2) is 4.78. The Balaban J connectivity index is 2.03. The molecule has 0 unspecified atom stereocenters. The molecule has 0 amide bonds.